The standard InChI is InChI=1S/C13H13F2NO4/c14-9-2-1-8(5-10(9)15)6-12(17)16-3-4-20-7-11(16)13(18)19/h1-2,5,11H,3-4,6-7H2,(H,18,19)/t11-/m0/s1. The van der Waals surface area contributed by atoms with Crippen LogP contribution >= 0.6 is 0 Å². The fraction of sp³-hybridized carbons (Fsp3) is 0.385. The van der Waals surface area contributed by atoms with Crippen molar-refractivity contribution in [3.05, 3.63) is 35.4 Å². The van der Waals surface area contributed by atoms with Crippen LogP contribution in [0.5, 0.6) is 0 Å². The molecule has 2 rings (SSSR count). The molecule has 108 valence electrons. The molecule has 0 aromatic heterocycles. The maximum absolute atomic E-state index is 13.1. The van der Waals surface area contributed by atoms with E-state index in [2.05, 4.69) is 0 Å². The number of morpholine rings is 1. The first kappa shape index (κ1) is 14.4. The van der Waals surface area contributed by atoms with Crippen molar-refractivity contribution < 1.29 is 28.2 Å². The largest absolute Gasteiger partial charge is 0.480 e. The summed E-state index contributed by atoms with van der Waals surface area (Å²) in [6.07, 6.45) is -0.180. The molecule has 1 heterocycles. The Morgan fingerprint density at radius 3 is 2.75 bits per heavy atom. The molecular weight excluding hydrogens is 272 g/mol. The maximum atomic E-state index is 13.1. The molecule has 0 aliphatic carbocycles. The van der Waals surface area contributed by atoms with Gasteiger partial charge in [0.1, 0.15) is 0 Å². The third kappa shape index (κ3) is 3.11. The van der Waals surface area contributed by atoms with Crippen molar-refractivity contribution >= 4 is 11.9 Å². The Balaban J connectivity index is 2.09. The summed E-state index contributed by atoms with van der Waals surface area (Å²) in [5.74, 6) is -3.63. The van der Waals surface area contributed by atoms with E-state index < -0.39 is 29.6 Å². The zero-order valence-electron chi connectivity index (χ0n) is 10.5. The normalized spacial score (nSPS) is 18.9. The molecular formula is C13H13F2NO4. The fourth-order valence-corrected chi connectivity index (χ4v) is 2.03. The first-order valence-electron chi connectivity index (χ1n) is 6.03. The molecule has 1 aromatic carbocycles. The van der Waals surface area contributed by atoms with Gasteiger partial charge in [0.05, 0.1) is 19.6 Å². The molecule has 1 N–H and O–H groups in total. The summed E-state index contributed by atoms with van der Waals surface area (Å²) < 4.78 is 30.9. The van der Waals surface area contributed by atoms with Crippen molar-refractivity contribution in [2.75, 3.05) is 19.8 Å². The summed E-state index contributed by atoms with van der Waals surface area (Å²) in [5, 5.41) is 9.02. The summed E-state index contributed by atoms with van der Waals surface area (Å²) >= 11 is 0. The molecule has 0 saturated carbocycles. The van der Waals surface area contributed by atoms with Crippen LogP contribution in [0.2, 0.25) is 0 Å². The molecule has 1 saturated heterocycles. The smallest absolute Gasteiger partial charge is 0.328 e. The molecule has 1 aromatic rings. The Kier molecular flexibility index (Phi) is 4.29. The highest BCUT2D eigenvalue weighted by Crippen LogP contribution is 2.13. The Labute approximate surface area is 113 Å². The molecule has 0 radical (unpaired) electrons. The molecule has 1 aliphatic heterocycles. The summed E-state index contributed by atoms with van der Waals surface area (Å²) in [4.78, 5) is 24.3. The van der Waals surface area contributed by atoms with Gasteiger partial charge in [-0.3, -0.25) is 4.79 Å². The van der Waals surface area contributed by atoms with Gasteiger partial charge in [0.15, 0.2) is 17.7 Å². The van der Waals surface area contributed by atoms with Crippen LogP contribution in [-0.2, 0) is 20.7 Å². The first-order valence-corrected chi connectivity index (χ1v) is 6.03. The predicted molar refractivity (Wildman–Crippen MR) is 64.0 cm³/mol. The SMILES string of the molecule is O=C(O)[C@@H]1COCCN1C(=O)Cc1ccc(F)c(F)c1. The summed E-state index contributed by atoms with van der Waals surface area (Å²) in [5.41, 5.74) is 0.296. The van der Waals surface area contributed by atoms with Gasteiger partial charge in [0.2, 0.25) is 5.91 Å². The molecule has 1 aliphatic rings. The Morgan fingerprint density at radius 2 is 2.10 bits per heavy atom. The lowest BCUT2D eigenvalue weighted by atomic mass is 10.1. The van der Waals surface area contributed by atoms with E-state index in [1.54, 1.807) is 0 Å². The van der Waals surface area contributed by atoms with Gasteiger partial charge in [0.25, 0.3) is 0 Å². The van der Waals surface area contributed by atoms with Crippen LogP contribution in [0, 0.1) is 11.6 Å². The second-order valence-corrected chi connectivity index (χ2v) is 4.44. The number of aliphatic carboxylic acids is 1. The Morgan fingerprint density at radius 1 is 1.35 bits per heavy atom. The van der Waals surface area contributed by atoms with Crippen LogP contribution in [0.3, 0.4) is 0 Å². The number of carboxylic acid groups (broad SMARTS) is 1. The minimum Gasteiger partial charge on any atom is -0.480 e. The van der Waals surface area contributed by atoms with E-state index >= 15 is 0 Å². The number of amides is 1. The average molecular weight is 285 g/mol. The lowest BCUT2D eigenvalue weighted by Crippen LogP contribution is -2.53. The number of carboxylic acids is 1. The number of halogens is 2. The molecule has 1 fully saturated rings. The third-order valence-corrected chi connectivity index (χ3v) is 3.07. The van der Waals surface area contributed by atoms with E-state index in [-0.39, 0.29) is 26.2 Å². The van der Waals surface area contributed by atoms with E-state index in [1.165, 1.54) is 11.0 Å². The van der Waals surface area contributed by atoms with Crippen molar-refractivity contribution in [3.8, 4) is 0 Å². The second kappa shape index (κ2) is 5.96. The zero-order valence-corrected chi connectivity index (χ0v) is 10.5. The summed E-state index contributed by atoms with van der Waals surface area (Å²) in [6, 6.07) is 2.13. The van der Waals surface area contributed by atoms with E-state index in [0.717, 1.165) is 12.1 Å². The number of hydrogen-bond donors (Lipinski definition) is 1. The Bertz CT molecular complexity index is 535. The van der Waals surface area contributed by atoms with Gasteiger partial charge in [-0.1, -0.05) is 6.07 Å². The lowest BCUT2D eigenvalue weighted by molar-refractivity contribution is -0.158. The number of benzene rings is 1. The van der Waals surface area contributed by atoms with E-state index in [1.807, 2.05) is 0 Å². The minimum absolute atomic E-state index is 0.0706. The third-order valence-electron chi connectivity index (χ3n) is 3.07. The van der Waals surface area contributed by atoms with Gasteiger partial charge in [-0.15, -0.1) is 0 Å². The van der Waals surface area contributed by atoms with Crippen LogP contribution in [0.4, 0.5) is 8.78 Å². The Hall–Kier alpha value is -2.02. The van der Waals surface area contributed by atoms with Gasteiger partial charge in [-0.05, 0) is 17.7 Å². The minimum atomic E-state index is -1.15. The van der Waals surface area contributed by atoms with Gasteiger partial charge in [-0.25, -0.2) is 13.6 Å². The molecule has 7 heteroatoms. The monoisotopic (exact) mass is 285 g/mol. The van der Waals surface area contributed by atoms with Gasteiger partial charge in [0, 0.05) is 6.54 Å². The molecule has 20 heavy (non-hydrogen) atoms. The number of ether oxygens (including phenoxy) is 1. The van der Waals surface area contributed by atoms with Crippen molar-refractivity contribution in [2.45, 2.75) is 12.5 Å². The molecule has 1 amide bonds. The molecule has 1 atom stereocenters. The topological polar surface area (TPSA) is 66.8 Å². The number of nitrogens with zero attached hydrogens (tertiary/aromatic N) is 1. The highest BCUT2D eigenvalue weighted by Gasteiger charge is 2.32. The molecule has 0 spiro atoms. The summed E-state index contributed by atoms with van der Waals surface area (Å²) in [6.45, 7) is 0.353. The van der Waals surface area contributed by atoms with E-state index in [0.29, 0.717) is 5.56 Å². The molecule has 0 unspecified atom stereocenters. The maximum Gasteiger partial charge on any atom is 0.328 e. The number of rotatable bonds is 3. The predicted octanol–water partition coefficient (Wildman–Crippen LogP) is 0.819. The van der Waals surface area contributed by atoms with Gasteiger partial charge < -0.3 is 14.7 Å². The van der Waals surface area contributed by atoms with Gasteiger partial charge >= 0.3 is 5.97 Å². The van der Waals surface area contributed by atoms with Crippen molar-refractivity contribution in [1.82, 2.24) is 4.90 Å². The zero-order chi connectivity index (χ0) is 14.7. The molecule has 5 nitrogen and oxygen atoms in total. The van der Waals surface area contributed by atoms with E-state index in [9.17, 15) is 18.4 Å². The number of hydrogen-bond acceptors (Lipinski definition) is 3. The van der Waals surface area contributed by atoms with Crippen molar-refractivity contribution in [3.63, 3.8) is 0 Å². The highest BCUT2D eigenvalue weighted by atomic mass is 19.2. The lowest BCUT2D eigenvalue weighted by Gasteiger charge is -2.32. The van der Waals surface area contributed by atoms with Crippen LogP contribution in [0.15, 0.2) is 18.2 Å². The fourth-order valence-electron chi connectivity index (χ4n) is 2.03. The molecule has 0 bridgehead atoms. The second-order valence-electron chi connectivity index (χ2n) is 4.44. The van der Waals surface area contributed by atoms with Crippen LogP contribution in [0.25, 0.3) is 0 Å². The van der Waals surface area contributed by atoms with Crippen molar-refractivity contribution in [2.24, 2.45) is 0 Å². The van der Waals surface area contributed by atoms with Gasteiger partial charge in [-0.2, -0.15) is 0 Å². The quantitative estimate of drug-likeness (QED) is 0.893. The number of carbonyl (C=O) groups excluding carboxylic acids is 1. The average Bonchev–Trinajstić information content (AvgIpc) is 2.43. The summed E-state index contributed by atoms with van der Waals surface area (Å²) in [7, 11) is 0. The van der Waals surface area contributed by atoms with E-state index in [4.69, 9.17) is 9.84 Å². The van der Waals surface area contributed by atoms with Crippen LogP contribution < -0.4 is 0 Å². The van der Waals surface area contributed by atoms with Crippen LogP contribution in [0.1, 0.15) is 5.56 Å². The van der Waals surface area contributed by atoms with Crippen molar-refractivity contribution in [1.29, 1.82) is 0 Å². The first-order chi connectivity index (χ1) is 9.49. The highest BCUT2D eigenvalue weighted by molar-refractivity contribution is 5.85. The number of carbonyl (C=O) groups is 2. The van der Waals surface area contributed by atoms with Crippen LogP contribution in [-0.4, -0.2) is 47.7 Å².